The molecule has 1 N–H and O–H groups in total. The first-order chi connectivity index (χ1) is 10.4. The summed E-state index contributed by atoms with van der Waals surface area (Å²) in [6, 6.07) is 7.96. The van der Waals surface area contributed by atoms with Gasteiger partial charge < -0.3 is 10.0 Å². The van der Waals surface area contributed by atoms with Gasteiger partial charge in [-0.25, -0.2) is 0 Å². The molecule has 0 amide bonds. The number of nitrogens with zero attached hydrogens (tertiary/aromatic N) is 2. The first-order valence-electron chi connectivity index (χ1n) is 7.85. The Balaban J connectivity index is 1.76. The molecule has 1 heterocycles. The summed E-state index contributed by atoms with van der Waals surface area (Å²) < 4.78 is 0. The van der Waals surface area contributed by atoms with Crippen LogP contribution in [0.4, 0.5) is 5.69 Å². The molecule has 0 bridgehead atoms. The largest absolute Gasteiger partial charge is 0.481 e. The van der Waals surface area contributed by atoms with E-state index in [2.05, 4.69) is 15.9 Å². The average Bonchev–Trinajstić information content (AvgIpc) is 2.48. The van der Waals surface area contributed by atoms with Gasteiger partial charge in [0.05, 0.1) is 16.1 Å². The van der Waals surface area contributed by atoms with Gasteiger partial charge in [-0.1, -0.05) is 23.7 Å². The van der Waals surface area contributed by atoms with Crippen LogP contribution in [0.2, 0.25) is 5.02 Å². The van der Waals surface area contributed by atoms with Crippen molar-refractivity contribution in [3.63, 3.8) is 0 Å². The van der Waals surface area contributed by atoms with Gasteiger partial charge in [0.25, 0.3) is 0 Å². The molecule has 4 nitrogen and oxygen atoms in total. The van der Waals surface area contributed by atoms with Gasteiger partial charge in [-0.05, 0) is 45.4 Å². The summed E-state index contributed by atoms with van der Waals surface area (Å²) in [6.07, 6.45) is 1.64. The maximum Gasteiger partial charge on any atom is 0.309 e. The van der Waals surface area contributed by atoms with Gasteiger partial charge in [-0.15, -0.1) is 0 Å². The van der Waals surface area contributed by atoms with Gasteiger partial charge in [0.1, 0.15) is 0 Å². The smallest absolute Gasteiger partial charge is 0.309 e. The molecular weight excluding hydrogens is 300 g/mol. The second-order valence-electron chi connectivity index (χ2n) is 6.57. The van der Waals surface area contributed by atoms with E-state index in [1.165, 1.54) is 0 Å². The Morgan fingerprint density at radius 3 is 2.45 bits per heavy atom. The van der Waals surface area contributed by atoms with Crippen LogP contribution in [-0.2, 0) is 4.79 Å². The standard InChI is InChI=1S/C17H25ClN2O2/c1-17(2,16(21)22)8-5-9-19-10-12-20(13-11-19)15-7-4-3-6-14(15)18/h3-4,6-7H,5,8-13H2,1-2H3,(H,21,22). The zero-order chi connectivity index (χ0) is 16.2. The molecule has 22 heavy (non-hydrogen) atoms. The maximum atomic E-state index is 11.1. The number of anilines is 1. The zero-order valence-electron chi connectivity index (χ0n) is 13.4. The molecule has 0 aromatic heterocycles. The van der Waals surface area contributed by atoms with Crippen molar-refractivity contribution >= 4 is 23.3 Å². The van der Waals surface area contributed by atoms with E-state index in [1.807, 2.05) is 18.2 Å². The third-order valence-electron chi connectivity index (χ3n) is 4.42. The quantitative estimate of drug-likeness (QED) is 0.871. The van der Waals surface area contributed by atoms with Crippen molar-refractivity contribution < 1.29 is 9.90 Å². The Morgan fingerprint density at radius 1 is 1.23 bits per heavy atom. The van der Waals surface area contributed by atoms with Gasteiger partial charge in [-0.3, -0.25) is 9.69 Å². The van der Waals surface area contributed by atoms with Gasteiger partial charge in [0, 0.05) is 26.2 Å². The number of rotatable bonds is 6. The van der Waals surface area contributed by atoms with Gasteiger partial charge in [0.15, 0.2) is 0 Å². The second-order valence-corrected chi connectivity index (χ2v) is 6.98. The van der Waals surface area contributed by atoms with Crippen molar-refractivity contribution in [1.82, 2.24) is 4.90 Å². The molecule has 1 aromatic rings. The zero-order valence-corrected chi connectivity index (χ0v) is 14.1. The summed E-state index contributed by atoms with van der Waals surface area (Å²) in [4.78, 5) is 15.8. The van der Waals surface area contributed by atoms with Crippen molar-refractivity contribution in [3.8, 4) is 0 Å². The molecule has 1 saturated heterocycles. The third kappa shape index (κ3) is 4.37. The van der Waals surface area contributed by atoms with E-state index in [-0.39, 0.29) is 0 Å². The Hall–Kier alpha value is -1.26. The average molecular weight is 325 g/mol. The topological polar surface area (TPSA) is 43.8 Å². The van der Waals surface area contributed by atoms with E-state index in [1.54, 1.807) is 13.8 Å². The lowest BCUT2D eigenvalue weighted by Crippen LogP contribution is -2.46. The molecule has 122 valence electrons. The lowest BCUT2D eigenvalue weighted by Gasteiger charge is -2.36. The normalized spacial score (nSPS) is 16.8. The molecule has 0 unspecified atom stereocenters. The van der Waals surface area contributed by atoms with Crippen LogP contribution in [0.1, 0.15) is 26.7 Å². The highest BCUT2D eigenvalue weighted by atomic mass is 35.5. The first kappa shape index (κ1) is 17.1. The Kier molecular flexibility index (Phi) is 5.70. The molecule has 1 aromatic carbocycles. The van der Waals surface area contributed by atoms with E-state index >= 15 is 0 Å². The van der Waals surface area contributed by atoms with Crippen molar-refractivity contribution in [1.29, 1.82) is 0 Å². The predicted octanol–water partition coefficient (Wildman–Crippen LogP) is 3.35. The van der Waals surface area contributed by atoms with Crippen LogP contribution in [0.25, 0.3) is 0 Å². The highest BCUT2D eigenvalue weighted by Gasteiger charge is 2.27. The fourth-order valence-corrected chi connectivity index (χ4v) is 3.03. The summed E-state index contributed by atoms with van der Waals surface area (Å²) in [5.41, 5.74) is 0.482. The van der Waals surface area contributed by atoms with Crippen molar-refractivity contribution in [2.24, 2.45) is 5.41 Å². The second kappa shape index (κ2) is 7.34. The number of piperazine rings is 1. The minimum absolute atomic E-state index is 0.626. The number of benzene rings is 1. The van der Waals surface area contributed by atoms with Crippen LogP contribution in [0.15, 0.2) is 24.3 Å². The highest BCUT2D eigenvalue weighted by molar-refractivity contribution is 6.33. The fourth-order valence-electron chi connectivity index (χ4n) is 2.77. The monoisotopic (exact) mass is 324 g/mol. The molecule has 2 rings (SSSR count). The Bertz CT molecular complexity index is 511. The molecule has 0 atom stereocenters. The molecular formula is C17H25ClN2O2. The number of aliphatic carboxylic acids is 1. The van der Waals surface area contributed by atoms with Crippen LogP contribution in [-0.4, -0.2) is 48.7 Å². The van der Waals surface area contributed by atoms with E-state index in [0.29, 0.717) is 6.42 Å². The van der Waals surface area contributed by atoms with Crippen LogP contribution in [0.3, 0.4) is 0 Å². The SMILES string of the molecule is CC(C)(CCCN1CCN(c2ccccc2Cl)CC1)C(=O)O. The number of hydrogen-bond acceptors (Lipinski definition) is 3. The molecule has 0 radical (unpaired) electrons. The summed E-state index contributed by atoms with van der Waals surface area (Å²) in [7, 11) is 0. The minimum atomic E-state index is -0.712. The van der Waals surface area contributed by atoms with Crippen LogP contribution in [0.5, 0.6) is 0 Å². The molecule has 1 aliphatic rings. The molecule has 0 spiro atoms. The van der Waals surface area contributed by atoms with Crippen LogP contribution < -0.4 is 4.90 Å². The van der Waals surface area contributed by atoms with Crippen LogP contribution in [0, 0.1) is 5.41 Å². The molecule has 0 aliphatic carbocycles. The molecule has 1 fully saturated rings. The van der Waals surface area contributed by atoms with Crippen molar-refractivity contribution in [2.45, 2.75) is 26.7 Å². The summed E-state index contributed by atoms with van der Waals surface area (Å²) in [6.45, 7) is 8.48. The predicted molar refractivity (Wildman–Crippen MR) is 90.8 cm³/mol. The lowest BCUT2D eigenvalue weighted by molar-refractivity contribution is -0.147. The number of carboxylic acids is 1. The molecule has 0 saturated carbocycles. The van der Waals surface area contributed by atoms with Crippen molar-refractivity contribution in [2.75, 3.05) is 37.6 Å². The van der Waals surface area contributed by atoms with Gasteiger partial charge in [-0.2, -0.15) is 0 Å². The number of para-hydroxylation sites is 1. The highest BCUT2D eigenvalue weighted by Crippen LogP contribution is 2.26. The molecule has 5 heteroatoms. The summed E-state index contributed by atoms with van der Waals surface area (Å²) in [5, 5.41) is 9.94. The summed E-state index contributed by atoms with van der Waals surface area (Å²) in [5.74, 6) is -0.712. The Labute approximate surface area is 137 Å². The number of carboxylic acid groups (broad SMARTS) is 1. The van der Waals surface area contributed by atoms with E-state index in [4.69, 9.17) is 16.7 Å². The van der Waals surface area contributed by atoms with E-state index in [0.717, 1.165) is 49.9 Å². The first-order valence-corrected chi connectivity index (χ1v) is 8.23. The van der Waals surface area contributed by atoms with Crippen LogP contribution >= 0.6 is 11.6 Å². The number of halogens is 1. The number of carbonyl (C=O) groups is 1. The number of hydrogen-bond donors (Lipinski definition) is 1. The fraction of sp³-hybridized carbons (Fsp3) is 0.588. The summed E-state index contributed by atoms with van der Waals surface area (Å²) >= 11 is 6.25. The van der Waals surface area contributed by atoms with Crippen molar-refractivity contribution in [3.05, 3.63) is 29.3 Å². The van der Waals surface area contributed by atoms with E-state index in [9.17, 15) is 4.79 Å². The van der Waals surface area contributed by atoms with Gasteiger partial charge >= 0.3 is 5.97 Å². The Morgan fingerprint density at radius 2 is 1.86 bits per heavy atom. The molecule has 1 aliphatic heterocycles. The third-order valence-corrected chi connectivity index (χ3v) is 4.74. The minimum Gasteiger partial charge on any atom is -0.481 e. The van der Waals surface area contributed by atoms with Gasteiger partial charge in [0.2, 0.25) is 0 Å². The maximum absolute atomic E-state index is 11.1. The van der Waals surface area contributed by atoms with E-state index < -0.39 is 11.4 Å². The lowest BCUT2D eigenvalue weighted by atomic mass is 9.88.